The highest BCUT2D eigenvalue weighted by atomic mass is 32.1. The van der Waals surface area contributed by atoms with Crippen LogP contribution in [0.4, 0.5) is 0 Å². The molecule has 0 unspecified atom stereocenters. The molecule has 1 aliphatic heterocycles. The molecule has 2 nitrogen and oxygen atoms in total. The molecule has 0 saturated carbocycles. The zero-order valence-corrected chi connectivity index (χ0v) is 11.8. The van der Waals surface area contributed by atoms with Crippen LogP contribution in [-0.2, 0) is 0 Å². The van der Waals surface area contributed by atoms with Crippen molar-refractivity contribution in [3.8, 4) is 0 Å². The van der Waals surface area contributed by atoms with E-state index in [1.54, 1.807) is 0 Å². The summed E-state index contributed by atoms with van der Waals surface area (Å²) >= 11 is 4.19. The van der Waals surface area contributed by atoms with Crippen LogP contribution in [0.2, 0.25) is 0 Å². The molecule has 0 aromatic heterocycles. The summed E-state index contributed by atoms with van der Waals surface area (Å²) in [7, 11) is 0. The minimum Gasteiger partial charge on any atom is -0.316 e. The van der Waals surface area contributed by atoms with Crippen molar-refractivity contribution in [2.45, 2.75) is 45.6 Å². The van der Waals surface area contributed by atoms with Gasteiger partial charge in [-0.15, -0.1) is 0 Å². The van der Waals surface area contributed by atoms with Gasteiger partial charge in [-0.2, -0.15) is 12.6 Å². The summed E-state index contributed by atoms with van der Waals surface area (Å²) < 4.78 is 0. The molecule has 0 radical (unpaired) electrons. The van der Waals surface area contributed by atoms with E-state index in [4.69, 9.17) is 0 Å². The Morgan fingerprint density at radius 1 is 1.31 bits per heavy atom. The Bertz CT molecular complexity index is 175. The SMILES string of the molecule is CC[C@@H]1CC[C@@H](C)N(CCCNCCS)C1. The highest BCUT2D eigenvalue weighted by Gasteiger charge is 2.23. The predicted octanol–water partition coefficient (Wildman–Crippen LogP) is 2.41. The molecule has 1 saturated heterocycles. The van der Waals surface area contributed by atoms with E-state index in [0.29, 0.717) is 0 Å². The second-order valence-corrected chi connectivity index (χ2v) is 5.47. The smallest absolute Gasteiger partial charge is 0.00671 e. The van der Waals surface area contributed by atoms with Crippen molar-refractivity contribution in [1.82, 2.24) is 10.2 Å². The Hall–Kier alpha value is 0.270. The van der Waals surface area contributed by atoms with E-state index in [0.717, 1.165) is 30.8 Å². The third-order valence-electron chi connectivity index (χ3n) is 3.77. The Kier molecular flexibility index (Phi) is 7.50. The molecule has 1 fully saturated rings. The molecule has 1 aliphatic rings. The summed E-state index contributed by atoms with van der Waals surface area (Å²) in [5, 5.41) is 3.41. The van der Waals surface area contributed by atoms with Crippen molar-refractivity contribution < 1.29 is 0 Å². The van der Waals surface area contributed by atoms with Crippen molar-refractivity contribution in [3.05, 3.63) is 0 Å². The van der Waals surface area contributed by atoms with Gasteiger partial charge in [-0.1, -0.05) is 13.3 Å². The topological polar surface area (TPSA) is 15.3 Å². The van der Waals surface area contributed by atoms with Crippen molar-refractivity contribution in [1.29, 1.82) is 0 Å². The number of thiol groups is 1. The second kappa shape index (κ2) is 8.37. The molecule has 0 aromatic carbocycles. The van der Waals surface area contributed by atoms with Crippen LogP contribution in [0.25, 0.3) is 0 Å². The zero-order valence-electron chi connectivity index (χ0n) is 10.9. The summed E-state index contributed by atoms with van der Waals surface area (Å²) in [6.07, 6.45) is 5.45. The maximum atomic E-state index is 4.19. The second-order valence-electron chi connectivity index (χ2n) is 5.02. The van der Waals surface area contributed by atoms with E-state index < -0.39 is 0 Å². The number of nitrogens with one attached hydrogen (secondary N) is 1. The highest BCUT2D eigenvalue weighted by Crippen LogP contribution is 2.23. The molecule has 0 aromatic rings. The maximum Gasteiger partial charge on any atom is 0.00671 e. The number of piperidine rings is 1. The lowest BCUT2D eigenvalue weighted by atomic mass is 9.91. The molecule has 0 bridgehead atoms. The van der Waals surface area contributed by atoms with Gasteiger partial charge in [-0.05, 0) is 45.2 Å². The third kappa shape index (κ3) is 5.07. The van der Waals surface area contributed by atoms with Gasteiger partial charge in [-0.25, -0.2) is 0 Å². The molecule has 0 amide bonds. The summed E-state index contributed by atoms with van der Waals surface area (Å²) in [4.78, 5) is 2.68. The molecule has 0 aliphatic carbocycles. The largest absolute Gasteiger partial charge is 0.316 e. The molecular weight excluding hydrogens is 216 g/mol. The highest BCUT2D eigenvalue weighted by molar-refractivity contribution is 7.80. The van der Waals surface area contributed by atoms with Crippen LogP contribution in [0.15, 0.2) is 0 Å². The van der Waals surface area contributed by atoms with Crippen molar-refractivity contribution >= 4 is 12.6 Å². The lowest BCUT2D eigenvalue weighted by Gasteiger charge is -2.37. The fraction of sp³-hybridized carbons (Fsp3) is 1.00. The Balaban J connectivity index is 2.13. The zero-order chi connectivity index (χ0) is 11.8. The Morgan fingerprint density at radius 3 is 2.81 bits per heavy atom. The fourth-order valence-corrected chi connectivity index (χ4v) is 2.68. The summed E-state index contributed by atoms with van der Waals surface area (Å²) in [6, 6.07) is 0.799. The molecule has 1 heterocycles. The van der Waals surface area contributed by atoms with E-state index >= 15 is 0 Å². The van der Waals surface area contributed by atoms with E-state index in [1.165, 1.54) is 38.8 Å². The number of hydrogen-bond acceptors (Lipinski definition) is 3. The molecule has 1 rings (SSSR count). The first kappa shape index (κ1) is 14.3. The average Bonchev–Trinajstić information content (AvgIpc) is 2.31. The maximum absolute atomic E-state index is 4.19. The molecular formula is C13H28N2S. The first-order valence-electron chi connectivity index (χ1n) is 6.83. The molecule has 0 spiro atoms. The summed E-state index contributed by atoms with van der Waals surface area (Å²) in [5.41, 5.74) is 0. The predicted molar refractivity (Wildman–Crippen MR) is 75.4 cm³/mol. The van der Waals surface area contributed by atoms with E-state index in [1.807, 2.05) is 0 Å². The Morgan fingerprint density at radius 2 is 2.12 bits per heavy atom. The van der Waals surface area contributed by atoms with Gasteiger partial charge >= 0.3 is 0 Å². The quantitative estimate of drug-likeness (QED) is 0.528. The van der Waals surface area contributed by atoms with Gasteiger partial charge in [0, 0.05) is 24.9 Å². The first-order valence-corrected chi connectivity index (χ1v) is 7.46. The number of likely N-dealkylation sites (tertiary alicyclic amines) is 1. The van der Waals surface area contributed by atoms with Gasteiger partial charge in [0.15, 0.2) is 0 Å². The van der Waals surface area contributed by atoms with Gasteiger partial charge in [0.05, 0.1) is 0 Å². The monoisotopic (exact) mass is 244 g/mol. The fourth-order valence-electron chi connectivity index (χ4n) is 2.52. The number of rotatable bonds is 7. The van der Waals surface area contributed by atoms with Crippen LogP contribution in [0.3, 0.4) is 0 Å². The van der Waals surface area contributed by atoms with Gasteiger partial charge in [0.25, 0.3) is 0 Å². The number of hydrogen-bond donors (Lipinski definition) is 2. The van der Waals surface area contributed by atoms with E-state index in [9.17, 15) is 0 Å². The average molecular weight is 244 g/mol. The van der Waals surface area contributed by atoms with Crippen molar-refractivity contribution in [3.63, 3.8) is 0 Å². The molecule has 2 atom stereocenters. The van der Waals surface area contributed by atoms with Crippen molar-refractivity contribution in [2.75, 3.05) is 31.9 Å². The van der Waals surface area contributed by atoms with Crippen LogP contribution in [-0.4, -0.2) is 42.9 Å². The lowest BCUT2D eigenvalue weighted by molar-refractivity contribution is 0.114. The van der Waals surface area contributed by atoms with E-state index in [-0.39, 0.29) is 0 Å². The van der Waals surface area contributed by atoms with E-state index in [2.05, 4.69) is 36.7 Å². The van der Waals surface area contributed by atoms with Gasteiger partial charge in [-0.3, -0.25) is 0 Å². The van der Waals surface area contributed by atoms with Crippen molar-refractivity contribution in [2.24, 2.45) is 5.92 Å². The van der Waals surface area contributed by atoms with Gasteiger partial charge < -0.3 is 10.2 Å². The Labute approximate surface area is 107 Å². The van der Waals surface area contributed by atoms with Crippen LogP contribution >= 0.6 is 12.6 Å². The van der Waals surface area contributed by atoms with Crippen LogP contribution < -0.4 is 5.32 Å². The minimum atomic E-state index is 0.799. The van der Waals surface area contributed by atoms with Crippen LogP contribution in [0.5, 0.6) is 0 Å². The molecule has 16 heavy (non-hydrogen) atoms. The lowest BCUT2D eigenvalue weighted by Crippen LogP contribution is -2.42. The molecule has 1 N–H and O–H groups in total. The third-order valence-corrected chi connectivity index (χ3v) is 4.00. The van der Waals surface area contributed by atoms with Gasteiger partial charge in [0.1, 0.15) is 0 Å². The molecule has 3 heteroatoms. The standard InChI is InChI=1S/C13H28N2S/c1-3-13-6-5-12(2)15(11-13)9-4-7-14-8-10-16/h12-14,16H,3-11H2,1-2H3/t12-,13-/m1/s1. The summed E-state index contributed by atoms with van der Waals surface area (Å²) in [5.74, 6) is 1.89. The first-order chi connectivity index (χ1) is 7.77. The summed E-state index contributed by atoms with van der Waals surface area (Å²) in [6.45, 7) is 9.47. The minimum absolute atomic E-state index is 0.799. The van der Waals surface area contributed by atoms with Gasteiger partial charge in [0.2, 0.25) is 0 Å². The number of nitrogens with zero attached hydrogens (tertiary/aromatic N) is 1. The normalized spacial score (nSPS) is 27.2. The van der Waals surface area contributed by atoms with Crippen LogP contribution in [0.1, 0.15) is 39.5 Å². The molecule has 96 valence electrons. The van der Waals surface area contributed by atoms with Crippen LogP contribution in [0, 0.1) is 5.92 Å².